The van der Waals surface area contributed by atoms with E-state index >= 15 is 0 Å². The van der Waals surface area contributed by atoms with Crippen molar-refractivity contribution in [2.24, 2.45) is 5.84 Å². The number of hydrogen-bond acceptors (Lipinski definition) is 6. The molecule has 3 N–H and O–H groups in total. The number of anilines is 1. The van der Waals surface area contributed by atoms with Crippen molar-refractivity contribution >= 4 is 11.7 Å². The number of amides is 1. The van der Waals surface area contributed by atoms with E-state index in [-0.39, 0.29) is 11.9 Å². The Morgan fingerprint density at radius 1 is 1.35 bits per heavy atom. The third kappa shape index (κ3) is 3.30. The van der Waals surface area contributed by atoms with Crippen molar-refractivity contribution in [2.45, 2.75) is 12.5 Å². The number of methoxy groups -OCH3 is 1. The third-order valence-electron chi connectivity index (χ3n) is 3.92. The smallest absolute Gasteiger partial charge is 0.303 e. The van der Waals surface area contributed by atoms with Crippen LogP contribution in [0.4, 0.5) is 5.82 Å². The average Bonchev–Trinajstić information content (AvgIpc) is 3.10. The highest BCUT2D eigenvalue weighted by Crippen LogP contribution is 2.25. The molecule has 7 heteroatoms. The molecule has 0 saturated carbocycles. The van der Waals surface area contributed by atoms with Gasteiger partial charge in [-0.1, -0.05) is 30.3 Å². The molecule has 1 aliphatic rings. The summed E-state index contributed by atoms with van der Waals surface area (Å²) in [6.45, 7) is 1.57. The molecule has 3 rings (SSSR count). The van der Waals surface area contributed by atoms with Crippen LogP contribution in [0, 0.1) is 0 Å². The predicted octanol–water partition coefficient (Wildman–Crippen LogP) is 0.972. The van der Waals surface area contributed by atoms with E-state index in [9.17, 15) is 4.79 Å². The van der Waals surface area contributed by atoms with Gasteiger partial charge in [0.15, 0.2) is 0 Å². The van der Waals surface area contributed by atoms with E-state index in [0.717, 1.165) is 25.1 Å². The van der Waals surface area contributed by atoms with Crippen molar-refractivity contribution in [3.05, 3.63) is 42.2 Å². The van der Waals surface area contributed by atoms with Crippen LogP contribution < -0.4 is 16.2 Å². The fraction of sp³-hybridized carbons (Fsp3) is 0.312. The molecule has 2 heterocycles. The number of nitrogens with zero attached hydrogens (tertiary/aromatic N) is 3. The Labute approximate surface area is 134 Å². The summed E-state index contributed by atoms with van der Waals surface area (Å²) in [7, 11) is 1.71. The van der Waals surface area contributed by atoms with Crippen LogP contribution in [-0.2, 0) is 4.74 Å². The first-order valence-electron chi connectivity index (χ1n) is 7.44. The lowest BCUT2D eigenvalue weighted by Crippen LogP contribution is -2.32. The van der Waals surface area contributed by atoms with Crippen molar-refractivity contribution in [1.82, 2.24) is 15.4 Å². The number of aromatic nitrogens is 2. The van der Waals surface area contributed by atoms with E-state index < -0.39 is 5.91 Å². The number of carbonyl (C=O) groups excluding carboxylic acids is 1. The number of nitrogen functional groups attached to an aromatic ring is 1. The number of nitrogens with one attached hydrogen (secondary N) is 1. The van der Waals surface area contributed by atoms with E-state index in [1.807, 2.05) is 36.4 Å². The quantitative estimate of drug-likeness (QED) is 0.496. The molecular formula is C16H19N5O2. The zero-order chi connectivity index (χ0) is 16.2. The first-order valence-corrected chi connectivity index (χ1v) is 7.44. The SMILES string of the molecule is COC1CCN(c2cc(-c3ccccc3)nc(C(=O)NN)n2)C1. The van der Waals surface area contributed by atoms with Crippen LogP contribution in [0.25, 0.3) is 11.3 Å². The van der Waals surface area contributed by atoms with Crippen molar-refractivity contribution in [3.63, 3.8) is 0 Å². The molecule has 2 aromatic rings. The standard InChI is InChI=1S/C16H19N5O2/c1-23-12-7-8-21(10-12)14-9-13(11-5-3-2-4-6-11)18-15(19-14)16(22)20-17/h2-6,9,12H,7-8,10,17H2,1H3,(H,20,22). The average molecular weight is 313 g/mol. The minimum atomic E-state index is -0.508. The number of rotatable bonds is 4. The summed E-state index contributed by atoms with van der Waals surface area (Å²) in [6.07, 6.45) is 1.11. The minimum absolute atomic E-state index is 0.0599. The summed E-state index contributed by atoms with van der Waals surface area (Å²) in [5.41, 5.74) is 3.70. The summed E-state index contributed by atoms with van der Waals surface area (Å²) < 4.78 is 5.39. The van der Waals surface area contributed by atoms with E-state index in [1.54, 1.807) is 7.11 Å². The molecule has 1 unspecified atom stereocenters. The Hall–Kier alpha value is -2.51. The Kier molecular flexibility index (Phi) is 4.50. The van der Waals surface area contributed by atoms with E-state index in [4.69, 9.17) is 10.6 Å². The summed E-state index contributed by atoms with van der Waals surface area (Å²) >= 11 is 0. The largest absolute Gasteiger partial charge is 0.380 e. The maximum absolute atomic E-state index is 11.9. The van der Waals surface area contributed by atoms with Gasteiger partial charge in [-0.25, -0.2) is 15.8 Å². The normalized spacial score (nSPS) is 17.3. The molecule has 0 spiro atoms. The van der Waals surface area contributed by atoms with Gasteiger partial charge >= 0.3 is 5.91 Å². The van der Waals surface area contributed by atoms with Crippen LogP contribution in [0.1, 0.15) is 17.0 Å². The molecule has 1 aromatic carbocycles. The van der Waals surface area contributed by atoms with Gasteiger partial charge < -0.3 is 9.64 Å². The van der Waals surface area contributed by atoms with Gasteiger partial charge in [0.1, 0.15) is 5.82 Å². The lowest BCUT2D eigenvalue weighted by Gasteiger charge is -2.18. The van der Waals surface area contributed by atoms with Gasteiger partial charge in [-0.3, -0.25) is 10.2 Å². The van der Waals surface area contributed by atoms with E-state index in [2.05, 4.69) is 20.3 Å². The minimum Gasteiger partial charge on any atom is -0.380 e. The zero-order valence-electron chi connectivity index (χ0n) is 12.9. The molecule has 0 bridgehead atoms. The van der Waals surface area contributed by atoms with Crippen LogP contribution in [0.3, 0.4) is 0 Å². The number of hydrogen-bond donors (Lipinski definition) is 2. The van der Waals surface area contributed by atoms with Gasteiger partial charge in [0.2, 0.25) is 5.82 Å². The zero-order valence-corrected chi connectivity index (χ0v) is 12.9. The van der Waals surface area contributed by atoms with E-state index in [0.29, 0.717) is 11.5 Å². The Morgan fingerprint density at radius 3 is 2.78 bits per heavy atom. The Bertz CT molecular complexity index is 692. The summed E-state index contributed by atoms with van der Waals surface area (Å²) in [4.78, 5) is 22.6. The van der Waals surface area contributed by atoms with Crippen molar-refractivity contribution in [2.75, 3.05) is 25.1 Å². The third-order valence-corrected chi connectivity index (χ3v) is 3.92. The van der Waals surface area contributed by atoms with Gasteiger partial charge in [-0.15, -0.1) is 0 Å². The first kappa shape index (κ1) is 15.4. The Balaban J connectivity index is 2.00. The molecule has 120 valence electrons. The van der Waals surface area contributed by atoms with Crippen LogP contribution in [0.5, 0.6) is 0 Å². The van der Waals surface area contributed by atoms with Gasteiger partial charge in [0, 0.05) is 31.8 Å². The molecule has 1 atom stereocenters. The monoisotopic (exact) mass is 313 g/mol. The van der Waals surface area contributed by atoms with Gasteiger partial charge in [0.25, 0.3) is 0 Å². The summed E-state index contributed by atoms with van der Waals surface area (Å²) in [5.74, 6) is 5.48. The molecular weight excluding hydrogens is 294 g/mol. The van der Waals surface area contributed by atoms with E-state index in [1.165, 1.54) is 0 Å². The predicted molar refractivity (Wildman–Crippen MR) is 86.7 cm³/mol. The summed E-state index contributed by atoms with van der Waals surface area (Å²) in [5, 5.41) is 0. The molecule has 1 aromatic heterocycles. The second kappa shape index (κ2) is 6.72. The molecule has 23 heavy (non-hydrogen) atoms. The molecule has 0 radical (unpaired) electrons. The highest BCUT2D eigenvalue weighted by molar-refractivity contribution is 5.91. The maximum Gasteiger partial charge on any atom is 0.303 e. The molecule has 1 saturated heterocycles. The molecule has 0 aliphatic carbocycles. The van der Waals surface area contributed by atoms with Crippen LogP contribution in [0.15, 0.2) is 36.4 Å². The molecule has 1 fully saturated rings. The fourth-order valence-corrected chi connectivity index (χ4v) is 2.65. The topological polar surface area (TPSA) is 93.4 Å². The molecule has 1 aliphatic heterocycles. The number of hydrazine groups is 1. The maximum atomic E-state index is 11.9. The number of carbonyl (C=O) groups is 1. The second-order valence-electron chi connectivity index (χ2n) is 5.37. The molecule has 7 nitrogen and oxygen atoms in total. The second-order valence-corrected chi connectivity index (χ2v) is 5.37. The highest BCUT2D eigenvalue weighted by atomic mass is 16.5. The van der Waals surface area contributed by atoms with Crippen LogP contribution in [0.2, 0.25) is 0 Å². The first-order chi connectivity index (χ1) is 11.2. The lowest BCUT2D eigenvalue weighted by molar-refractivity contribution is 0.0943. The highest BCUT2D eigenvalue weighted by Gasteiger charge is 2.25. The molecule has 1 amide bonds. The van der Waals surface area contributed by atoms with Crippen molar-refractivity contribution in [3.8, 4) is 11.3 Å². The Morgan fingerprint density at radius 2 is 2.13 bits per heavy atom. The summed E-state index contributed by atoms with van der Waals surface area (Å²) in [6, 6.07) is 11.6. The van der Waals surface area contributed by atoms with Gasteiger partial charge in [-0.2, -0.15) is 0 Å². The van der Waals surface area contributed by atoms with Crippen LogP contribution in [-0.4, -0.2) is 42.2 Å². The van der Waals surface area contributed by atoms with Gasteiger partial charge in [-0.05, 0) is 6.42 Å². The van der Waals surface area contributed by atoms with Crippen LogP contribution >= 0.6 is 0 Å². The van der Waals surface area contributed by atoms with Crippen molar-refractivity contribution in [1.29, 1.82) is 0 Å². The van der Waals surface area contributed by atoms with Gasteiger partial charge in [0.05, 0.1) is 11.8 Å². The lowest BCUT2D eigenvalue weighted by atomic mass is 10.1. The fourth-order valence-electron chi connectivity index (χ4n) is 2.65. The van der Waals surface area contributed by atoms with Crippen molar-refractivity contribution < 1.29 is 9.53 Å². The number of benzene rings is 1. The number of nitrogens with two attached hydrogens (primary N) is 1. The number of ether oxygens (including phenoxy) is 1.